The molecular formula is C11H18N2O2. The maximum Gasteiger partial charge on any atom is 0.416 e. The van der Waals surface area contributed by atoms with E-state index in [4.69, 9.17) is 10.5 Å². The van der Waals surface area contributed by atoms with Crippen LogP contribution in [0.1, 0.15) is 27.7 Å². The minimum atomic E-state index is -0.502. The Morgan fingerprint density at radius 3 is 2.60 bits per heavy atom. The van der Waals surface area contributed by atoms with Gasteiger partial charge in [0.25, 0.3) is 0 Å². The van der Waals surface area contributed by atoms with Crippen molar-refractivity contribution >= 4 is 6.09 Å². The van der Waals surface area contributed by atoms with E-state index in [0.29, 0.717) is 0 Å². The molecular weight excluding hydrogens is 192 g/mol. The summed E-state index contributed by atoms with van der Waals surface area (Å²) in [5.41, 5.74) is 6.08. The van der Waals surface area contributed by atoms with Crippen molar-refractivity contribution in [2.45, 2.75) is 39.5 Å². The van der Waals surface area contributed by atoms with Crippen molar-refractivity contribution in [3.05, 3.63) is 23.9 Å². The summed E-state index contributed by atoms with van der Waals surface area (Å²) in [6.45, 7) is 7.31. The van der Waals surface area contributed by atoms with Crippen LogP contribution in [0.4, 0.5) is 4.79 Å². The van der Waals surface area contributed by atoms with E-state index in [2.05, 4.69) is 0 Å². The van der Waals surface area contributed by atoms with Crippen molar-refractivity contribution in [3.8, 4) is 0 Å². The molecule has 0 aliphatic carbocycles. The van der Waals surface area contributed by atoms with Crippen molar-refractivity contribution in [1.82, 2.24) is 4.90 Å². The predicted octanol–water partition coefficient (Wildman–Crippen LogP) is 1.98. The SMILES string of the molecule is CC1=CC=C[C@H](N)N1C(=O)OC(C)(C)C. The summed E-state index contributed by atoms with van der Waals surface area (Å²) in [6.07, 6.45) is 4.56. The first-order valence-corrected chi connectivity index (χ1v) is 4.94. The number of nitrogens with two attached hydrogens (primary N) is 1. The van der Waals surface area contributed by atoms with Crippen molar-refractivity contribution in [3.63, 3.8) is 0 Å². The van der Waals surface area contributed by atoms with Crippen LogP contribution in [0.15, 0.2) is 23.9 Å². The topological polar surface area (TPSA) is 55.6 Å². The number of hydrogen-bond donors (Lipinski definition) is 1. The molecule has 0 aromatic carbocycles. The lowest BCUT2D eigenvalue weighted by Gasteiger charge is -2.32. The van der Waals surface area contributed by atoms with Gasteiger partial charge in [0.2, 0.25) is 0 Å². The van der Waals surface area contributed by atoms with Gasteiger partial charge in [-0.15, -0.1) is 0 Å². The summed E-state index contributed by atoms with van der Waals surface area (Å²) < 4.78 is 5.25. The van der Waals surface area contributed by atoms with E-state index in [0.717, 1.165) is 5.70 Å². The monoisotopic (exact) mass is 210 g/mol. The first kappa shape index (κ1) is 11.8. The Morgan fingerprint density at radius 1 is 1.53 bits per heavy atom. The Kier molecular flexibility index (Phi) is 3.19. The van der Waals surface area contributed by atoms with Crippen LogP contribution >= 0.6 is 0 Å². The molecule has 4 nitrogen and oxygen atoms in total. The standard InChI is InChI=1S/C11H18N2O2/c1-8-6-5-7-9(12)13(8)10(14)15-11(2,3)4/h5-7,9H,12H2,1-4H3/t9-/m1/s1. The zero-order valence-corrected chi connectivity index (χ0v) is 9.65. The molecule has 0 unspecified atom stereocenters. The third-order valence-corrected chi connectivity index (χ3v) is 1.91. The molecule has 0 aromatic rings. The second-order valence-corrected chi connectivity index (χ2v) is 4.53. The van der Waals surface area contributed by atoms with Crippen LogP contribution in [0, 0.1) is 0 Å². The van der Waals surface area contributed by atoms with E-state index >= 15 is 0 Å². The molecule has 15 heavy (non-hydrogen) atoms. The van der Waals surface area contributed by atoms with E-state index in [1.807, 2.05) is 39.8 Å². The number of hydrogen-bond acceptors (Lipinski definition) is 3. The highest BCUT2D eigenvalue weighted by atomic mass is 16.6. The average molecular weight is 210 g/mol. The third-order valence-electron chi connectivity index (χ3n) is 1.91. The van der Waals surface area contributed by atoms with E-state index in [9.17, 15) is 4.79 Å². The number of carbonyl (C=O) groups excluding carboxylic acids is 1. The molecule has 1 atom stereocenters. The Balaban J connectivity index is 2.76. The van der Waals surface area contributed by atoms with Crippen LogP contribution in [0.5, 0.6) is 0 Å². The van der Waals surface area contributed by atoms with Gasteiger partial charge in [0.1, 0.15) is 11.8 Å². The summed E-state index contributed by atoms with van der Waals surface area (Å²) in [7, 11) is 0. The summed E-state index contributed by atoms with van der Waals surface area (Å²) in [5, 5.41) is 0. The maximum absolute atomic E-state index is 11.8. The number of carbonyl (C=O) groups is 1. The minimum Gasteiger partial charge on any atom is -0.443 e. The first-order valence-electron chi connectivity index (χ1n) is 4.94. The molecule has 0 bridgehead atoms. The second kappa shape index (κ2) is 4.06. The zero-order chi connectivity index (χ0) is 11.6. The summed E-state index contributed by atoms with van der Waals surface area (Å²) >= 11 is 0. The van der Waals surface area contributed by atoms with E-state index in [-0.39, 0.29) is 0 Å². The fourth-order valence-electron chi connectivity index (χ4n) is 1.29. The van der Waals surface area contributed by atoms with Gasteiger partial charge in [-0.2, -0.15) is 0 Å². The van der Waals surface area contributed by atoms with Crippen molar-refractivity contribution < 1.29 is 9.53 Å². The molecule has 84 valence electrons. The summed E-state index contributed by atoms with van der Waals surface area (Å²) in [5.74, 6) is 0. The lowest BCUT2D eigenvalue weighted by atomic mass is 10.2. The molecule has 0 fully saturated rings. The fourth-order valence-corrected chi connectivity index (χ4v) is 1.29. The lowest BCUT2D eigenvalue weighted by molar-refractivity contribution is 0.0274. The van der Waals surface area contributed by atoms with Crippen LogP contribution in [-0.4, -0.2) is 22.8 Å². The van der Waals surface area contributed by atoms with Gasteiger partial charge in [-0.3, -0.25) is 4.90 Å². The summed E-state index contributed by atoms with van der Waals surface area (Å²) in [4.78, 5) is 13.2. The van der Waals surface area contributed by atoms with Gasteiger partial charge < -0.3 is 10.5 Å². The van der Waals surface area contributed by atoms with Gasteiger partial charge in [0.05, 0.1) is 0 Å². The van der Waals surface area contributed by atoms with Crippen molar-refractivity contribution in [2.75, 3.05) is 0 Å². The molecule has 1 aliphatic rings. The smallest absolute Gasteiger partial charge is 0.416 e. The largest absolute Gasteiger partial charge is 0.443 e. The average Bonchev–Trinajstić information content (AvgIpc) is 1.99. The number of amides is 1. The summed E-state index contributed by atoms with van der Waals surface area (Å²) in [6, 6.07) is 0. The number of ether oxygens (including phenoxy) is 1. The highest BCUT2D eigenvalue weighted by Crippen LogP contribution is 2.17. The molecule has 1 aliphatic heterocycles. The van der Waals surface area contributed by atoms with Gasteiger partial charge in [-0.05, 0) is 39.8 Å². The van der Waals surface area contributed by atoms with Crippen LogP contribution in [-0.2, 0) is 4.74 Å². The highest BCUT2D eigenvalue weighted by Gasteiger charge is 2.27. The highest BCUT2D eigenvalue weighted by molar-refractivity contribution is 5.71. The number of nitrogens with zero attached hydrogens (tertiary/aromatic N) is 1. The molecule has 1 rings (SSSR count). The van der Waals surface area contributed by atoms with Gasteiger partial charge in [-0.1, -0.05) is 6.08 Å². The molecule has 0 saturated carbocycles. The molecule has 4 heteroatoms. The molecule has 1 heterocycles. The predicted molar refractivity (Wildman–Crippen MR) is 58.9 cm³/mol. The Labute approximate surface area is 90.4 Å². The Bertz CT molecular complexity index is 313. The van der Waals surface area contributed by atoms with Crippen LogP contribution in [0.25, 0.3) is 0 Å². The maximum atomic E-state index is 11.8. The quantitative estimate of drug-likeness (QED) is 0.665. The van der Waals surface area contributed by atoms with Crippen LogP contribution < -0.4 is 5.73 Å². The number of rotatable bonds is 0. The van der Waals surface area contributed by atoms with E-state index < -0.39 is 17.9 Å². The molecule has 1 amide bonds. The Hall–Kier alpha value is -1.29. The minimum absolute atomic E-state index is 0.409. The normalized spacial score (nSPS) is 21.3. The Morgan fingerprint density at radius 2 is 2.13 bits per heavy atom. The second-order valence-electron chi connectivity index (χ2n) is 4.53. The molecule has 0 saturated heterocycles. The van der Waals surface area contributed by atoms with Gasteiger partial charge in [-0.25, -0.2) is 4.79 Å². The van der Waals surface area contributed by atoms with Crippen molar-refractivity contribution in [2.24, 2.45) is 5.73 Å². The van der Waals surface area contributed by atoms with Gasteiger partial charge in [0.15, 0.2) is 0 Å². The lowest BCUT2D eigenvalue weighted by Crippen LogP contribution is -2.46. The van der Waals surface area contributed by atoms with Crippen LogP contribution in [0.2, 0.25) is 0 Å². The number of allylic oxidation sites excluding steroid dienone is 3. The van der Waals surface area contributed by atoms with Gasteiger partial charge in [0, 0.05) is 5.70 Å². The molecule has 0 aromatic heterocycles. The third kappa shape index (κ3) is 3.09. The van der Waals surface area contributed by atoms with Gasteiger partial charge >= 0.3 is 6.09 Å². The molecule has 2 N–H and O–H groups in total. The fraction of sp³-hybridized carbons (Fsp3) is 0.545. The zero-order valence-electron chi connectivity index (χ0n) is 9.65. The molecule has 0 spiro atoms. The first-order chi connectivity index (χ1) is 6.81. The van der Waals surface area contributed by atoms with Crippen molar-refractivity contribution in [1.29, 1.82) is 0 Å². The van der Waals surface area contributed by atoms with E-state index in [1.54, 1.807) is 6.08 Å². The molecule has 0 radical (unpaired) electrons. The van der Waals surface area contributed by atoms with Crippen LogP contribution in [0.3, 0.4) is 0 Å². The van der Waals surface area contributed by atoms with E-state index in [1.165, 1.54) is 4.90 Å².